The van der Waals surface area contributed by atoms with E-state index in [0.717, 1.165) is 34.5 Å². The Morgan fingerprint density at radius 1 is 1.16 bits per heavy atom. The topological polar surface area (TPSA) is 69.0 Å². The van der Waals surface area contributed by atoms with Crippen molar-refractivity contribution < 1.29 is 18.0 Å². The summed E-state index contributed by atoms with van der Waals surface area (Å²) < 4.78 is 38.8. The summed E-state index contributed by atoms with van der Waals surface area (Å²) in [6.45, 7) is 7.20. The summed E-state index contributed by atoms with van der Waals surface area (Å²) in [6.07, 6.45) is -2.08. The normalized spacial score (nSPS) is 16.3. The number of aromatic nitrogens is 1. The molecule has 3 aromatic rings. The Morgan fingerprint density at radius 2 is 1.84 bits per heavy atom. The van der Waals surface area contributed by atoms with Crippen molar-refractivity contribution in [3.8, 4) is 6.07 Å². The van der Waals surface area contributed by atoms with Crippen LogP contribution in [0, 0.1) is 17.2 Å². The second-order valence-corrected chi connectivity index (χ2v) is 9.72. The van der Waals surface area contributed by atoms with E-state index >= 15 is 0 Å². The summed E-state index contributed by atoms with van der Waals surface area (Å²) in [5, 5.41) is 12.1. The smallest absolute Gasteiger partial charge is 0.345 e. The number of amides is 1. The molecule has 0 aliphatic carbocycles. The third kappa shape index (κ3) is 5.83. The number of nitrogens with one attached hydrogen (secondary N) is 1. The Kier molecular flexibility index (Phi) is 7.65. The molecule has 1 aliphatic rings. The highest BCUT2D eigenvalue weighted by molar-refractivity contribution is 5.94. The molecular weight excluding hydrogens is 477 g/mol. The van der Waals surface area contributed by atoms with Gasteiger partial charge in [0, 0.05) is 19.3 Å². The molecule has 1 amide bonds. The molecule has 192 valence electrons. The van der Waals surface area contributed by atoms with Crippen LogP contribution in [0.3, 0.4) is 0 Å². The lowest BCUT2D eigenvalue weighted by Crippen LogP contribution is -2.28. The minimum absolute atomic E-state index is 0.00329. The quantitative estimate of drug-likeness (QED) is 0.394. The van der Waals surface area contributed by atoms with Gasteiger partial charge in [-0.25, -0.2) is 0 Å². The molecule has 1 aromatic heterocycles. The minimum Gasteiger partial charge on any atom is -0.345 e. The van der Waals surface area contributed by atoms with E-state index in [1.807, 2.05) is 25.1 Å². The summed E-state index contributed by atoms with van der Waals surface area (Å²) in [4.78, 5) is 20.0. The number of nitriles is 1. The zero-order valence-electron chi connectivity index (χ0n) is 21.0. The van der Waals surface area contributed by atoms with E-state index in [-0.39, 0.29) is 23.9 Å². The SMILES string of the molecule is CC[C@@H](NC(=O)c1cnc2c(c1)CN(Cc1ccc(C(F)(F)F)cc1)[C@H]2C(C)C)c1ccc(C#N)cc1. The van der Waals surface area contributed by atoms with Crippen LogP contribution in [0.15, 0.2) is 60.8 Å². The summed E-state index contributed by atoms with van der Waals surface area (Å²) in [7, 11) is 0. The molecule has 0 fully saturated rings. The van der Waals surface area contributed by atoms with Crippen molar-refractivity contribution >= 4 is 5.91 Å². The molecule has 0 saturated carbocycles. The van der Waals surface area contributed by atoms with Crippen LogP contribution < -0.4 is 5.32 Å². The molecule has 8 heteroatoms. The lowest BCUT2D eigenvalue weighted by atomic mass is 9.99. The van der Waals surface area contributed by atoms with Crippen LogP contribution in [0.25, 0.3) is 0 Å². The van der Waals surface area contributed by atoms with Gasteiger partial charge in [0.05, 0.1) is 40.5 Å². The van der Waals surface area contributed by atoms with Gasteiger partial charge in [-0.15, -0.1) is 0 Å². The number of nitrogens with zero attached hydrogens (tertiary/aromatic N) is 3. The molecule has 0 radical (unpaired) electrons. The molecule has 2 atom stereocenters. The number of fused-ring (bicyclic) bond motifs is 1. The Morgan fingerprint density at radius 3 is 2.41 bits per heavy atom. The van der Waals surface area contributed by atoms with Crippen molar-refractivity contribution in [1.82, 2.24) is 15.2 Å². The van der Waals surface area contributed by atoms with E-state index in [1.54, 1.807) is 18.3 Å². The number of hydrogen-bond acceptors (Lipinski definition) is 4. The molecule has 0 spiro atoms. The molecule has 0 bridgehead atoms. The number of rotatable bonds is 7. The van der Waals surface area contributed by atoms with Crippen molar-refractivity contribution in [2.24, 2.45) is 5.92 Å². The van der Waals surface area contributed by atoms with Gasteiger partial charge in [0.2, 0.25) is 0 Å². The van der Waals surface area contributed by atoms with Crippen molar-refractivity contribution in [1.29, 1.82) is 5.26 Å². The van der Waals surface area contributed by atoms with Gasteiger partial charge in [0.15, 0.2) is 0 Å². The summed E-state index contributed by atoms with van der Waals surface area (Å²) in [5.74, 6) is -0.00229. The van der Waals surface area contributed by atoms with Crippen molar-refractivity contribution in [2.75, 3.05) is 0 Å². The fraction of sp³-hybridized carbons (Fsp3) is 0.345. The Balaban J connectivity index is 1.51. The summed E-state index contributed by atoms with van der Waals surface area (Å²) >= 11 is 0. The van der Waals surface area contributed by atoms with E-state index < -0.39 is 11.7 Å². The Hall–Kier alpha value is -3.70. The van der Waals surface area contributed by atoms with Gasteiger partial charge in [-0.1, -0.05) is 45.0 Å². The van der Waals surface area contributed by atoms with E-state index in [1.165, 1.54) is 12.1 Å². The van der Waals surface area contributed by atoms with Gasteiger partial charge in [-0.2, -0.15) is 18.4 Å². The van der Waals surface area contributed by atoms with Gasteiger partial charge in [-0.05, 0) is 59.4 Å². The number of hydrogen-bond donors (Lipinski definition) is 1. The maximum Gasteiger partial charge on any atom is 0.416 e. The molecule has 2 aromatic carbocycles. The highest BCUT2D eigenvalue weighted by Crippen LogP contribution is 2.39. The first-order chi connectivity index (χ1) is 17.6. The molecular formula is C29H29F3N4O. The van der Waals surface area contributed by atoms with Crippen LogP contribution in [-0.4, -0.2) is 15.8 Å². The average Bonchev–Trinajstić information content (AvgIpc) is 3.24. The van der Waals surface area contributed by atoms with E-state index in [4.69, 9.17) is 5.26 Å². The predicted octanol–water partition coefficient (Wildman–Crippen LogP) is 6.57. The minimum atomic E-state index is -4.36. The van der Waals surface area contributed by atoms with Crippen molar-refractivity contribution in [3.05, 3.63) is 99.9 Å². The molecule has 0 unspecified atom stereocenters. The van der Waals surface area contributed by atoms with Gasteiger partial charge in [0.25, 0.3) is 5.91 Å². The number of carbonyl (C=O) groups is 1. The maximum atomic E-state index is 13.1. The zero-order valence-corrected chi connectivity index (χ0v) is 21.0. The monoisotopic (exact) mass is 506 g/mol. The number of halogens is 3. The van der Waals surface area contributed by atoms with Crippen molar-refractivity contribution in [2.45, 2.75) is 58.5 Å². The first-order valence-corrected chi connectivity index (χ1v) is 12.3. The van der Waals surface area contributed by atoms with Crippen molar-refractivity contribution in [3.63, 3.8) is 0 Å². The molecule has 4 rings (SSSR count). The maximum absolute atomic E-state index is 13.1. The second-order valence-electron chi connectivity index (χ2n) is 9.72. The highest BCUT2D eigenvalue weighted by Gasteiger charge is 2.35. The largest absolute Gasteiger partial charge is 0.416 e. The molecule has 1 N–H and O–H groups in total. The Labute approximate surface area is 214 Å². The van der Waals surface area contributed by atoms with Crippen LogP contribution in [0.4, 0.5) is 13.2 Å². The first-order valence-electron chi connectivity index (χ1n) is 12.3. The highest BCUT2D eigenvalue weighted by atomic mass is 19.4. The standard InChI is InChI=1S/C29H29F3N4O/c1-4-25(21-9-5-19(14-33)6-10-21)35-28(37)22-13-23-17-36(27(18(2)3)26(23)34-15-22)16-20-7-11-24(12-8-20)29(30,31)32/h5-13,15,18,25,27H,4,16-17H2,1-3H3,(H,35,37)/t25-,27+/m1/s1. The lowest BCUT2D eigenvalue weighted by Gasteiger charge is -2.27. The van der Waals surface area contributed by atoms with Gasteiger partial charge < -0.3 is 5.32 Å². The number of pyridine rings is 1. The third-order valence-corrected chi connectivity index (χ3v) is 6.76. The molecule has 1 aliphatic heterocycles. The molecule has 2 heterocycles. The second kappa shape index (κ2) is 10.7. The van der Waals surface area contributed by atoms with Gasteiger partial charge in [-0.3, -0.25) is 14.7 Å². The van der Waals surface area contributed by atoms with E-state index in [9.17, 15) is 18.0 Å². The van der Waals surface area contributed by atoms with Gasteiger partial charge in [0.1, 0.15) is 0 Å². The van der Waals surface area contributed by atoms with Crippen LogP contribution in [-0.2, 0) is 19.3 Å². The number of benzene rings is 2. The number of carbonyl (C=O) groups excluding carboxylic acids is 1. The van der Waals surface area contributed by atoms with Gasteiger partial charge >= 0.3 is 6.18 Å². The van der Waals surface area contributed by atoms with Crippen LogP contribution in [0.1, 0.15) is 83.1 Å². The van der Waals surface area contributed by atoms with E-state index in [0.29, 0.717) is 30.6 Å². The average molecular weight is 507 g/mol. The summed E-state index contributed by atoms with van der Waals surface area (Å²) in [6, 6.07) is 16.2. The van der Waals surface area contributed by atoms with Crippen LogP contribution in [0.5, 0.6) is 0 Å². The van der Waals surface area contributed by atoms with Crippen LogP contribution >= 0.6 is 0 Å². The predicted molar refractivity (Wildman–Crippen MR) is 134 cm³/mol. The molecule has 37 heavy (non-hydrogen) atoms. The fourth-order valence-corrected chi connectivity index (χ4v) is 4.91. The molecule has 5 nitrogen and oxygen atoms in total. The van der Waals surface area contributed by atoms with Crippen LogP contribution in [0.2, 0.25) is 0 Å². The fourth-order valence-electron chi connectivity index (χ4n) is 4.91. The summed E-state index contributed by atoms with van der Waals surface area (Å²) in [5.41, 5.74) is 3.93. The van der Waals surface area contributed by atoms with E-state index in [2.05, 4.69) is 35.1 Å². The number of alkyl halides is 3. The zero-order chi connectivity index (χ0) is 26.7. The first kappa shape index (κ1) is 26.4. The lowest BCUT2D eigenvalue weighted by molar-refractivity contribution is -0.137. The Bertz CT molecular complexity index is 1290. The molecule has 0 saturated heterocycles. The third-order valence-electron chi connectivity index (χ3n) is 6.76.